The third kappa shape index (κ3) is 3.12. The van der Waals surface area contributed by atoms with Crippen molar-refractivity contribution in [1.82, 2.24) is 4.98 Å². The lowest BCUT2D eigenvalue weighted by atomic mass is 10.2. The van der Waals surface area contributed by atoms with E-state index in [1.54, 1.807) is 13.0 Å². The third-order valence-corrected chi connectivity index (χ3v) is 3.32. The Bertz CT molecular complexity index is 692. The summed E-state index contributed by atoms with van der Waals surface area (Å²) >= 11 is 17.4. The van der Waals surface area contributed by atoms with E-state index in [4.69, 9.17) is 39.5 Å². The van der Waals surface area contributed by atoms with Gasteiger partial charge in [-0.15, -0.1) is 0 Å². The van der Waals surface area contributed by atoms with Gasteiger partial charge in [0.2, 0.25) is 11.6 Å². The molecule has 0 N–H and O–H groups in total. The average molecular weight is 334 g/mol. The number of benzene rings is 1. The second-order valence-electron chi connectivity index (χ2n) is 3.88. The fourth-order valence-corrected chi connectivity index (χ4v) is 1.99. The van der Waals surface area contributed by atoms with Crippen LogP contribution < -0.4 is 4.74 Å². The molecule has 0 aliphatic rings. The van der Waals surface area contributed by atoms with Gasteiger partial charge in [-0.1, -0.05) is 40.9 Å². The molecule has 0 aliphatic heterocycles. The first kappa shape index (κ1) is 14.8. The molecule has 0 saturated heterocycles. The number of rotatable bonds is 3. The van der Waals surface area contributed by atoms with Crippen molar-refractivity contribution in [3.63, 3.8) is 0 Å². The summed E-state index contributed by atoms with van der Waals surface area (Å²) in [5.74, 6) is -0.0265. The first-order valence-corrected chi connectivity index (χ1v) is 6.46. The zero-order valence-corrected chi connectivity index (χ0v) is 12.3. The van der Waals surface area contributed by atoms with Crippen molar-refractivity contribution in [2.75, 3.05) is 0 Å². The average Bonchev–Trinajstić information content (AvgIpc) is 2.37. The molecule has 1 aromatic carbocycles. The minimum Gasteiger partial charge on any atom is -0.430 e. The highest BCUT2D eigenvalue weighted by Crippen LogP contribution is 2.36. The summed E-state index contributed by atoms with van der Waals surface area (Å²) in [4.78, 5) is 14.3. The summed E-state index contributed by atoms with van der Waals surface area (Å²) in [6.07, 6.45) is 0. The molecule has 0 bridgehead atoms. The van der Waals surface area contributed by atoms with Gasteiger partial charge >= 0.3 is 5.69 Å². The van der Waals surface area contributed by atoms with Gasteiger partial charge in [0.25, 0.3) is 0 Å². The van der Waals surface area contributed by atoms with Crippen LogP contribution in [0.4, 0.5) is 5.69 Å². The number of aryl methyl sites for hydroxylation is 1. The first-order valence-electron chi connectivity index (χ1n) is 5.33. The molecule has 5 nitrogen and oxygen atoms in total. The lowest BCUT2D eigenvalue weighted by Gasteiger charge is -2.08. The Morgan fingerprint density at radius 2 is 1.90 bits per heavy atom. The van der Waals surface area contributed by atoms with Crippen molar-refractivity contribution in [2.24, 2.45) is 0 Å². The van der Waals surface area contributed by atoms with Crippen LogP contribution in [0.1, 0.15) is 5.56 Å². The molecular formula is C12H7Cl3N2O3. The van der Waals surface area contributed by atoms with Gasteiger partial charge in [0.1, 0.15) is 5.02 Å². The minimum atomic E-state index is -0.548. The van der Waals surface area contributed by atoms with Gasteiger partial charge in [-0.2, -0.15) is 4.98 Å². The summed E-state index contributed by atoms with van der Waals surface area (Å²) in [6, 6.07) is 5.89. The zero-order chi connectivity index (χ0) is 14.9. The van der Waals surface area contributed by atoms with Crippen LogP contribution in [0.25, 0.3) is 0 Å². The van der Waals surface area contributed by atoms with E-state index in [2.05, 4.69) is 4.98 Å². The number of ether oxygens (including phenoxy) is 1. The van der Waals surface area contributed by atoms with E-state index < -0.39 is 4.92 Å². The van der Waals surface area contributed by atoms with Crippen LogP contribution >= 0.6 is 34.8 Å². The molecule has 0 amide bonds. The summed E-state index contributed by atoms with van der Waals surface area (Å²) in [6.45, 7) is 1.74. The molecular weight excluding hydrogens is 327 g/mol. The largest absolute Gasteiger partial charge is 0.430 e. The van der Waals surface area contributed by atoms with E-state index >= 15 is 0 Å². The molecule has 0 radical (unpaired) electrons. The fraction of sp³-hybridized carbons (Fsp3) is 0.0833. The highest BCUT2D eigenvalue weighted by molar-refractivity contribution is 6.42. The number of nitro groups is 1. The quantitative estimate of drug-likeness (QED) is 0.448. The molecule has 20 heavy (non-hydrogen) atoms. The third-order valence-electron chi connectivity index (χ3n) is 2.37. The molecule has 0 atom stereocenters. The molecule has 2 rings (SSSR count). The van der Waals surface area contributed by atoms with Crippen molar-refractivity contribution < 1.29 is 9.66 Å². The standard InChI is InChI=1S/C12H7Cl3N2O3/c1-6-2-3-10(9(4-6)17(18)19)20-12-8(14)5-7(13)11(15)16-12/h2-5H,1H3. The van der Waals surface area contributed by atoms with Crippen molar-refractivity contribution >= 4 is 40.5 Å². The molecule has 104 valence electrons. The second-order valence-corrected chi connectivity index (χ2v) is 5.05. The van der Waals surface area contributed by atoms with E-state index in [9.17, 15) is 10.1 Å². The molecule has 1 heterocycles. The van der Waals surface area contributed by atoms with Crippen LogP contribution in [0.15, 0.2) is 24.3 Å². The monoisotopic (exact) mass is 332 g/mol. The van der Waals surface area contributed by atoms with Gasteiger partial charge < -0.3 is 4.74 Å². The van der Waals surface area contributed by atoms with Crippen LogP contribution in [-0.4, -0.2) is 9.91 Å². The highest BCUT2D eigenvalue weighted by atomic mass is 35.5. The van der Waals surface area contributed by atoms with E-state index in [0.717, 1.165) is 5.56 Å². The van der Waals surface area contributed by atoms with Gasteiger partial charge in [-0.05, 0) is 24.6 Å². The van der Waals surface area contributed by atoms with E-state index in [1.165, 1.54) is 18.2 Å². The van der Waals surface area contributed by atoms with Crippen LogP contribution in [0.5, 0.6) is 11.6 Å². The maximum absolute atomic E-state index is 11.0. The highest BCUT2D eigenvalue weighted by Gasteiger charge is 2.18. The molecule has 0 aliphatic carbocycles. The molecule has 2 aromatic rings. The molecule has 0 spiro atoms. The Kier molecular flexibility index (Phi) is 4.32. The number of nitro benzene ring substituents is 1. The van der Waals surface area contributed by atoms with Gasteiger partial charge in [-0.25, -0.2) is 0 Å². The SMILES string of the molecule is Cc1ccc(Oc2nc(Cl)c(Cl)cc2Cl)c([N+](=O)[O-])c1. The fourth-order valence-electron chi connectivity index (χ4n) is 1.46. The Balaban J connectivity index is 2.45. The number of hydrogen-bond donors (Lipinski definition) is 0. The van der Waals surface area contributed by atoms with Crippen LogP contribution in [0.3, 0.4) is 0 Å². The maximum Gasteiger partial charge on any atom is 0.311 e. The van der Waals surface area contributed by atoms with Gasteiger partial charge in [0.15, 0.2) is 5.15 Å². The Labute approximate surface area is 129 Å². The van der Waals surface area contributed by atoms with Gasteiger partial charge in [-0.3, -0.25) is 10.1 Å². The number of pyridine rings is 1. The van der Waals surface area contributed by atoms with Crippen molar-refractivity contribution in [3.8, 4) is 11.6 Å². The van der Waals surface area contributed by atoms with Crippen molar-refractivity contribution in [3.05, 3.63) is 55.1 Å². The van der Waals surface area contributed by atoms with Crippen LogP contribution in [-0.2, 0) is 0 Å². The summed E-state index contributed by atoms with van der Waals surface area (Å²) < 4.78 is 5.36. The molecule has 0 saturated carbocycles. The second kappa shape index (κ2) is 5.83. The van der Waals surface area contributed by atoms with E-state index in [0.29, 0.717) is 0 Å². The Hall–Kier alpha value is -1.56. The summed E-state index contributed by atoms with van der Waals surface area (Å²) in [5, 5.41) is 11.3. The van der Waals surface area contributed by atoms with Crippen molar-refractivity contribution in [2.45, 2.75) is 6.92 Å². The molecule has 0 unspecified atom stereocenters. The number of aromatic nitrogens is 1. The minimum absolute atomic E-state index is 0.000770. The normalized spacial score (nSPS) is 10.4. The lowest BCUT2D eigenvalue weighted by molar-refractivity contribution is -0.385. The molecule has 0 fully saturated rings. The van der Waals surface area contributed by atoms with Crippen LogP contribution in [0.2, 0.25) is 15.2 Å². The molecule has 1 aromatic heterocycles. The Morgan fingerprint density at radius 3 is 2.55 bits per heavy atom. The van der Waals surface area contributed by atoms with Gasteiger partial charge in [0, 0.05) is 6.07 Å². The zero-order valence-electron chi connectivity index (χ0n) is 10.1. The van der Waals surface area contributed by atoms with Gasteiger partial charge in [0.05, 0.1) is 9.95 Å². The predicted molar refractivity (Wildman–Crippen MR) is 77.2 cm³/mol. The van der Waals surface area contributed by atoms with E-state index in [-0.39, 0.29) is 32.5 Å². The summed E-state index contributed by atoms with van der Waals surface area (Å²) in [7, 11) is 0. The lowest BCUT2D eigenvalue weighted by Crippen LogP contribution is -1.96. The molecule has 8 heteroatoms. The predicted octanol–water partition coefficient (Wildman–Crippen LogP) is 5.05. The topological polar surface area (TPSA) is 65.3 Å². The smallest absolute Gasteiger partial charge is 0.311 e. The first-order chi connectivity index (χ1) is 9.38. The Morgan fingerprint density at radius 1 is 1.20 bits per heavy atom. The summed E-state index contributed by atoms with van der Waals surface area (Å²) in [5.41, 5.74) is 0.547. The van der Waals surface area contributed by atoms with Crippen LogP contribution in [0, 0.1) is 17.0 Å². The number of halogens is 3. The maximum atomic E-state index is 11.0. The number of hydrogen-bond acceptors (Lipinski definition) is 4. The van der Waals surface area contributed by atoms with Crippen molar-refractivity contribution in [1.29, 1.82) is 0 Å². The number of nitrogens with zero attached hydrogens (tertiary/aromatic N) is 2. The van der Waals surface area contributed by atoms with E-state index in [1.807, 2.05) is 0 Å².